The number of rotatable bonds is 3. The van der Waals surface area contributed by atoms with Gasteiger partial charge in [0, 0.05) is 17.2 Å². The molecule has 0 aliphatic heterocycles. The van der Waals surface area contributed by atoms with Gasteiger partial charge in [-0.05, 0) is 12.1 Å². The molecule has 0 fully saturated rings. The summed E-state index contributed by atoms with van der Waals surface area (Å²) < 4.78 is 22.6. The molecule has 0 radical (unpaired) electrons. The van der Waals surface area contributed by atoms with Crippen molar-refractivity contribution in [2.75, 3.05) is 6.26 Å². The maximum Gasteiger partial charge on any atom is 0.175 e. The highest BCUT2D eigenvalue weighted by atomic mass is 32.2. The van der Waals surface area contributed by atoms with Crippen molar-refractivity contribution in [1.82, 2.24) is 4.98 Å². The normalized spacial score (nSPS) is 11.6. The van der Waals surface area contributed by atoms with E-state index in [1.165, 1.54) is 17.6 Å². The third kappa shape index (κ3) is 2.71. The molecule has 0 saturated carbocycles. The Bertz CT molecular complexity index is 614. The maximum absolute atomic E-state index is 11.3. The lowest BCUT2D eigenvalue weighted by Gasteiger charge is -2.00. The van der Waals surface area contributed by atoms with E-state index in [-0.39, 0.29) is 6.61 Å². The fourth-order valence-corrected chi connectivity index (χ4v) is 2.68. The molecule has 0 atom stereocenters. The summed E-state index contributed by atoms with van der Waals surface area (Å²) in [4.78, 5) is 4.50. The van der Waals surface area contributed by atoms with Crippen LogP contribution in [0.4, 0.5) is 0 Å². The summed E-state index contributed by atoms with van der Waals surface area (Å²) in [7, 11) is -3.16. The van der Waals surface area contributed by atoms with Gasteiger partial charge in [-0.1, -0.05) is 12.1 Å². The van der Waals surface area contributed by atoms with Gasteiger partial charge in [-0.3, -0.25) is 0 Å². The summed E-state index contributed by atoms with van der Waals surface area (Å²) >= 11 is 1.37. The van der Waals surface area contributed by atoms with Crippen LogP contribution in [0.1, 0.15) is 5.01 Å². The first-order chi connectivity index (χ1) is 8.00. The van der Waals surface area contributed by atoms with Gasteiger partial charge in [0.05, 0.1) is 17.2 Å². The van der Waals surface area contributed by atoms with Crippen molar-refractivity contribution in [3.63, 3.8) is 0 Å². The number of aliphatic hydroxyl groups excluding tert-OH is 1. The third-order valence-electron chi connectivity index (χ3n) is 2.27. The molecule has 0 spiro atoms. The fourth-order valence-electron chi connectivity index (χ4n) is 1.39. The number of hydrogen-bond donors (Lipinski definition) is 1. The minimum absolute atomic E-state index is 0.0773. The second-order valence-electron chi connectivity index (χ2n) is 3.58. The molecule has 0 amide bonds. The van der Waals surface area contributed by atoms with Gasteiger partial charge in [-0.2, -0.15) is 0 Å². The van der Waals surface area contributed by atoms with Gasteiger partial charge in [-0.15, -0.1) is 11.3 Å². The fraction of sp³-hybridized carbons (Fsp3) is 0.182. The smallest absolute Gasteiger partial charge is 0.175 e. The Labute approximate surface area is 103 Å². The molecule has 4 nitrogen and oxygen atoms in total. The number of nitrogens with zero attached hydrogens (tertiary/aromatic N) is 1. The Morgan fingerprint density at radius 3 is 2.41 bits per heavy atom. The molecular formula is C11H11NO3S2. The molecule has 2 aromatic rings. The average Bonchev–Trinajstić information content (AvgIpc) is 2.76. The average molecular weight is 269 g/mol. The lowest BCUT2D eigenvalue weighted by Crippen LogP contribution is -1.96. The zero-order chi connectivity index (χ0) is 12.5. The number of aliphatic hydroxyl groups is 1. The van der Waals surface area contributed by atoms with Gasteiger partial charge in [0.2, 0.25) is 0 Å². The molecule has 0 aliphatic rings. The van der Waals surface area contributed by atoms with E-state index < -0.39 is 9.84 Å². The number of benzene rings is 1. The monoisotopic (exact) mass is 269 g/mol. The van der Waals surface area contributed by atoms with E-state index in [9.17, 15) is 8.42 Å². The molecule has 2 rings (SSSR count). The van der Waals surface area contributed by atoms with Crippen molar-refractivity contribution < 1.29 is 13.5 Å². The molecule has 0 aliphatic carbocycles. The predicted octanol–water partition coefficient (Wildman–Crippen LogP) is 1.71. The van der Waals surface area contributed by atoms with Crippen LogP contribution in [0.5, 0.6) is 0 Å². The highest BCUT2D eigenvalue weighted by Gasteiger charge is 2.08. The Hall–Kier alpha value is -1.24. The summed E-state index contributed by atoms with van der Waals surface area (Å²) in [6, 6.07) is 6.55. The first-order valence-electron chi connectivity index (χ1n) is 4.86. The van der Waals surface area contributed by atoms with Gasteiger partial charge >= 0.3 is 0 Å². The second-order valence-corrected chi connectivity index (χ2v) is 6.54. The molecule has 1 heterocycles. The molecule has 0 saturated heterocycles. The first kappa shape index (κ1) is 12.2. The third-order valence-corrected chi connectivity index (χ3v) is 4.23. The summed E-state index contributed by atoms with van der Waals surface area (Å²) in [5, 5.41) is 11.4. The molecule has 6 heteroatoms. The second kappa shape index (κ2) is 4.56. The molecular weight excluding hydrogens is 258 g/mol. The molecule has 1 aromatic heterocycles. The standard InChI is InChI=1S/C11H11NO3S2/c1-17(14,15)9-4-2-8(3-5-9)10-7-16-11(6-13)12-10/h2-5,7,13H,6H2,1H3. The minimum atomic E-state index is -3.16. The van der Waals surface area contributed by atoms with Gasteiger partial charge < -0.3 is 5.11 Å². The Kier molecular flexibility index (Phi) is 3.28. The lowest BCUT2D eigenvalue weighted by molar-refractivity contribution is 0.281. The van der Waals surface area contributed by atoms with E-state index in [0.717, 1.165) is 11.3 Å². The van der Waals surface area contributed by atoms with Crippen molar-refractivity contribution >= 4 is 21.2 Å². The van der Waals surface area contributed by atoms with E-state index in [0.29, 0.717) is 9.90 Å². The highest BCUT2D eigenvalue weighted by Crippen LogP contribution is 2.23. The number of hydrogen-bond acceptors (Lipinski definition) is 5. The van der Waals surface area contributed by atoms with E-state index in [2.05, 4.69) is 4.98 Å². The van der Waals surface area contributed by atoms with Crippen LogP contribution < -0.4 is 0 Å². The summed E-state index contributed by atoms with van der Waals surface area (Å²) in [6.45, 7) is -0.0773. The number of aromatic nitrogens is 1. The summed E-state index contributed by atoms with van der Waals surface area (Å²) in [6.07, 6.45) is 1.18. The van der Waals surface area contributed by atoms with E-state index >= 15 is 0 Å². The minimum Gasteiger partial charge on any atom is -0.389 e. The first-order valence-corrected chi connectivity index (χ1v) is 7.63. The maximum atomic E-state index is 11.3. The largest absolute Gasteiger partial charge is 0.389 e. The molecule has 0 bridgehead atoms. The van der Waals surface area contributed by atoms with Crippen LogP contribution in [-0.4, -0.2) is 24.8 Å². The van der Waals surface area contributed by atoms with Crippen LogP contribution >= 0.6 is 11.3 Å². The van der Waals surface area contributed by atoms with E-state index in [1.54, 1.807) is 24.3 Å². The van der Waals surface area contributed by atoms with Crippen LogP contribution in [0.3, 0.4) is 0 Å². The van der Waals surface area contributed by atoms with Crippen LogP contribution in [-0.2, 0) is 16.4 Å². The zero-order valence-electron chi connectivity index (χ0n) is 9.12. The Morgan fingerprint density at radius 2 is 1.94 bits per heavy atom. The van der Waals surface area contributed by atoms with Gasteiger partial charge in [-0.25, -0.2) is 13.4 Å². The molecule has 90 valence electrons. The van der Waals surface area contributed by atoms with Crippen molar-refractivity contribution in [2.24, 2.45) is 0 Å². The molecule has 1 N–H and O–H groups in total. The Balaban J connectivity index is 2.35. The SMILES string of the molecule is CS(=O)(=O)c1ccc(-c2csc(CO)n2)cc1. The van der Waals surface area contributed by atoms with Gasteiger partial charge in [0.1, 0.15) is 5.01 Å². The van der Waals surface area contributed by atoms with E-state index in [1.807, 2.05) is 5.38 Å². The highest BCUT2D eigenvalue weighted by molar-refractivity contribution is 7.90. The van der Waals surface area contributed by atoms with Gasteiger partial charge in [0.15, 0.2) is 9.84 Å². The van der Waals surface area contributed by atoms with Crippen molar-refractivity contribution in [1.29, 1.82) is 0 Å². The molecule has 0 unspecified atom stereocenters. The lowest BCUT2D eigenvalue weighted by atomic mass is 10.2. The Morgan fingerprint density at radius 1 is 1.29 bits per heavy atom. The predicted molar refractivity (Wildman–Crippen MR) is 66.6 cm³/mol. The van der Waals surface area contributed by atoms with Gasteiger partial charge in [0.25, 0.3) is 0 Å². The van der Waals surface area contributed by atoms with Crippen LogP contribution in [0.25, 0.3) is 11.3 Å². The summed E-state index contributed by atoms with van der Waals surface area (Å²) in [5.74, 6) is 0. The van der Waals surface area contributed by atoms with E-state index in [4.69, 9.17) is 5.11 Å². The number of sulfone groups is 1. The number of thiazole rings is 1. The van der Waals surface area contributed by atoms with Crippen molar-refractivity contribution in [3.05, 3.63) is 34.7 Å². The topological polar surface area (TPSA) is 67.3 Å². The summed E-state index contributed by atoms with van der Waals surface area (Å²) in [5.41, 5.74) is 1.59. The van der Waals surface area contributed by atoms with Crippen LogP contribution in [0.15, 0.2) is 34.5 Å². The van der Waals surface area contributed by atoms with Crippen LogP contribution in [0.2, 0.25) is 0 Å². The van der Waals surface area contributed by atoms with Crippen molar-refractivity contribution in [3.8, 4) is 11.3 Å². The quantitative estimate of drug-likeness (QED) is 0.921. The van der Waals surface area contributed by atoms with Crippen LogP contribution in [0, 0.1) is 0 Å². The van der Waals surface area contributed by atoms with Crippen molar-refractivity contribution in [2.45, 2.75) is 11.5 Å². The molecule has 1 aromatic carbocycles. The molecule has 17 heavy (non-hydrogen) atoms. The zero-order valence-corrected chi connectivity index (χ0v) is 10.8.